The second-order valence-electron chi connectivity index (χ2n) is 7.22. The van der Waals surface area contributed by atoms with Crippen molar-refractivity contribution in [2.24, 2.45) is 10.4 Å². The summed E-state index contributed by atoms with van der Waals surface area (Å²) in [5, 5.41) is 16.2. The zero-order valence-electron chi connectivity index (χ0n) is 16.4. The Balaban J connectivity index is 2.48. The summed E-state index contributed by atoms with van der Waals surface area (Å²) in [6, 6.07) is 0.767. The Kier molecular flexibility index (Phi) is 10.3. The predicted molar refractivity (Wildman–Crippen MR) is 104 cm³/mol. The van der Waals surface area contributed by atoms with E-state index in [9.17, 15) is 5.11 Å². The van der Waals surface area contributed by atoms with Gasteiger partial charge in [0.25, 0.3) is 0 Å². The summed E-state index contributed by atoms with van der Waals surface area (Å²) in [4.78, 5) is 7.29. The minimum atomic E-state index is 0.123. The maximum Gasteiger partial charge on any atom is 0.191 e. The van der Waals surface area contributed by atoms with Crippen LogP contribution in [0.4, 0.5) is 0 Å². The maximum absolute atomic E-state index is 9.35. The molecular formula is C19H40N4O. The molecule has 1 aliphatic rings. The quantitative estimate of drug-likeness (QED) is 0.400. The highest BCUT2D eigenvalue weighted by Gasteiger charge is 2.25. The van der Waals surface area contributed by atoms with Crippen molar-refractivity contribution in [2.75, 3.05) is 39.8 Å². The number of guanidine groups is 1. The van der Waals surface area contributed by atoms with Gasteiger partial charge in [-0.1, -0.05) is 26.7 Å². The molecule has 0 heterocycles. The molecule has 0 amide bonds. The van der Waals surface area contributed by atoms with Crippen LogP contribution < -0.4 is 10.6 Å². The molecule has 5 nitrogen and oxygen atoms in total. The van der Waals surface area contributed by atoms with Crippen molar-refractivity contribution in [3.05, 3.63) is 0 Å². The van der Waals surface area contributed by atoms with Gasteiger partial charge in [-0.25, -0.2) is 0 Å². The largest absolute Gasteiger partial charge is 0.396 e. The van der Waals surface area contributed by atoms with Gasteiger partial charge in [-0.05, 0) is 51.5 Å². The van der Waals surface area contributed by atoms with Crippen molar-refractivity contribution >= 4 is 5.96 Å². The standard InChI is InChI=1S/C19H40N4O/c1-5-19(6-2,12-15-24)16-22-18(20-7-3)21-13-14-23(4)17-10-8-9-11-17/h17,24H,5-16H2,1-4H3,(H2,20,21,22). The van der Waals surface area contributed by atoms with Gasteiger partial charge in [0.15, 0.2) is 5.96 Å². The Morgan fingerprint density at radius 2 is 1.83 bits per heavy atom. The molecule has 0 aromatic carbocycles. The predicted octanol–water partition coefficient (Wildman–Crippen LogP) is 2.60. The van der Waals surface area contributed by atoms with Crippen LogP contribution in [0.5, 0.6) is 0 Å². The third-order valence-corrected chi connectivity index (χ3v) is 5.76. The Labute approximate surface area is 149 Å². The highest BCUT2D eigenvalue weighted by Crippen LogP contribution is 2.30. The van der Waals surface area contributed by atoms with Crippen LogP contribution in [-0.4, -0.2) is 61.8 Å². The van der Waals surface area contributed by atoms with Crippen LogP contribution in [0, 0.1) is 5.41 Å². The lowest BCUT2D eigenvalue weighted by molar-refractivity contribution is 0.175. The molecule has 142 valence electrons. The molecular weight excluding hydrogens is 300 g/mol. The first-order valence-electron chi connectivity index (χ1n) is 9.94. The van der Waals surface area contributed by atoms with E-state index < -0.39 is 0 Å². The smallest absolute Gasteiger partial charge is 0.191 e. The van der Waals surface area contributed by atoms with E-state index in [4.69, 9.17) is 4.99 Å². The number of hydrogen-bond acceptors (Lipinski definition) is 3. The molecule has 1 rings (SSSR count). The third kappa shape index (κ3) is 6.98. The fourth-order valence-corrected chi connectivity index (χ4v) is 3.61. The SMILES string of the molecule is CCNC(=NCC(CC)(CC)CCO)NCCN(C)C1CCCC1. The lowest BCUT2D eigenvalue weighted by Crippen LogP contribution is -2.43. The highest BCUT2D eigenvalue weighted by molar-refractivity contribution is 5.79. The number of rotatable bonds is 11. The summed E-state index contributed by atoms with van der Waals surface area (Å²) in [6.45, 7) is 10.4. The molecule has 0 spiro atoms. The summed E-state index contributed by atoms with van der Waals surface area (Å²) < 4.78 is 0. The number of hydrogen-bond donors (Lipinski definition) is 3. The second kappa shape index (κ2) is 11.7. The first-order chi connectivity index (χ1) is 11.6. The molecule has 24 heavy (non-hydrogen) atoms. The molecule has 1 fully saturated rings. The number of nitrogens with one attached hydrogen (secondary N) is 2. The van der Waals surface area contributed by atoms with Gasteiger partial charge in [-0.2, -0.15) is 0 Å². The Bertz CT molecular complexity index is 349. The molecule has 0 atom stereocenters. The molecule has 5 heteroatoms. The van der Waals surface area contributed by atoms with Gasteiger partial charge in [-0.15, -0.1) is 0 Å². The van der Waals surface area contributed by atoms with E-state index in [1.54, 1.807) is 0 Å². The summed E-state index contributed by atoms with van der Waals surface area (Å²) in [5.41, 5.74) is 0.123. The molecule has 0 saturated heterocycles. The van der Waals surface area contributed by atoms with E-state index in [0.717, 1.165) is 57.4 Å². The van der Waals surface area contributed by atoms with Gasteiger partial charge < -0.3 is 20.6 Å². The number of nitrogens with zero attached hydrogens (tertiary/aromatic N) is 2. The van der Waals surface area contributed by atoms with Crippen molar-refractivity contribution in [1.29, 1.82) is 0 Å². The summed E-state index contributed by atoms with van der Waals surface area (Å²) >= 11 is 0. The minimum absolute atomic E-state index is 0.123. The normalized spacial score (nSPS) is 16.8. The molecule has 1 aliphatic carbocycles. The van der Waals surface area contributed by atoms with Gasteiger partial charge in [0.2, 0.25) is 0 Å². The molecule has 0 aromatic heterocycles. The number of aliphatic hydroxyl groups excluding tert-OH is 1. The molecule has 3 N–H and O–H groups in total. The topological polar surface area (TPSA) is 59.9 Å². The van der Waals surface area contributed by atoms with Crippen LogP contribution in [0.25, 0.3) is 0 Å². The fraction of sp³-hybridized carbons (Fsp3) is 0.947. The first-order valence-corrected chi connectivity index (χ1v) is 9.94. The van der Waals surface area contributed by atoms with Crippen molar-refractivity contribution in [3.8, 4) is 0 Å². The molecule has 0 aliphatic heterocycles. The highest BCUT2D eigenvalue weighted by atomic mass is 16.3. The average molecular weight is 341 g/mol. The van der Waals surface area contributed by atoms with Crippen LogP contribution in [0.1, 0.15) is 65.7 Å². The average Bonchev–Trinajstić information content (AvgIpc) is 3.13. The van der Waals surface area contributed by atoms with E-state index in [2.05, 4.69) is 43.4 Å². The monoisotopic (exact) mass is 340 g/mol. The van der Waals surface area contributed by atoms with Gasteiger partial charge in [0, 0.05) is 38.8 Å². The Morgan fingerprint density at radius 3 is 2.38 bits per heavy atom. The molecule has 0 bridgehead atoms. The van der Waals surface area contributed by atoms with Crippen molar-refractivity contribution in [2.45, 2.75) is 71.8 Å². The molecule has 0 radical (unpaired) electrons. The Hall–Kier alpha value is -0.810. The van der Waals surface area contributed by atoms with Crippen LogP contribution in [-0.2, 0) is 0 Å². The van der Waals surface area contributed by atoms with Crippen LogP contribution in [0.2, 0.25) is 0 Å². The van der Waals surface area contributed by atoms with E-state index in [-0.39, 0.29) is 12.0 Å². The molecule has 0 aromatic rings. The maximum atomic E-state index is 9.35. The van der Waals surface area contributed by atoms with Gasteiger partial charge >= 0.3 is 0 Å². The zero-order chi connectivity index (χ0) is 17.8. The summed E-state index contributed by atoms with van der Waals surface area (Å²) in [7, 11) is 2.24. The fourth-order valence-electron chi connectivity index (χ4n) is 3.61. The van der Waals surface area contributed by atoms with Crippen molar-refractivity contribution < 1.29 is 5.11 Å². The van der Waals surface area contributed by atoms with E-state index in [1.807, 2.05) is 0 Å². The summed E-state index contributed by atoms with van der Waals surface area (Å²) in [6.07, 6.45) is 8.39. The van der Waals surface area contributed by atoms with E-state index in [0.29, 0.717) is 0 Å². The van der Waals surface area contributed by atoms with Crippen LogP contribution in [0.15, 0.2) is 4.99 Å². The lowest BCUT2D eigenvalue weighted by Gasteiger charge is -2.29. The number of likely N-dealkylation sites (N-methyl/N-ethyl adjacent to an activating group) is 1. The first kappa shape index (κ1) is 21.2. The number of aliphatic hydroxyl groups is 1. The minimum Gasteiger partial charge on any atom is -0.396 e. The van der Waals surface area contributed by atoms with E-state index in [1.165, 1.54) is 25.7 Å². The third-order valence-electron chi connectivity index (χ3n) is 5.76. The second-order valence-corrected chi connectivity index (χ2v) is 7.22. The Morgan fingerprint density at radius 1 is 1.17 bits per heavy atom. The zero-order valence-corrected chi connectivity index (χ0v) is 16.4. The lowest BCUT2D eigenvalue weighted by atomic mass is 9.79. The number of aliphatic imine (C=N–C) groups is 1. The molecule has 0 unspecified atom stereocenters. The van der Waals surface area contributed by atoms with Gasteiger partial charge in [0.05, 0.1) is 0 Å². The van der Waals surface area contributed by atoms with Crippen LogP contribution in [0.3, 0.4) is 0 Å². The van der Waals surface area contributed by atoms with Crippen LogP contribution >= 0.6 is 0 Å². The van der Waals surface area contributed by atoms with Crippen molar-refractivity contribution in [1.82, 2.24) is 15.5 Å². The molecule has 1 saturated carbocycles. The van der Waals surface area contributed by atoms with Gasteiger partial charge in [0.1, 0.15) is 0 Å². The van der Waals surface area contributed by atoms with Crippen molar-refractivity contribution in [3.63, 3.8) is 0 Å². The van der Waals surface area contributed by atoms with Gasteiger partial charge in [-0.3, -0.25) is 4.99 Å². The van der Waals surface area contributed by atoms with E-state index >= 15 is 0 Å². The summed E-state index contributed by atoms with van der Waals surface area (Å²) in [5.74, 6) is 0.904.